The summed E-state index contributed by atoms with van der Waals surface area (Å²) < 4.78 is 0. The van der Waals surface area contributed by atoms with Gasteiger partial charge in [0, 0.05) is 0 Å². The van der Waals surface area contributed by atoms with E-state index in [9.17, 15) is 5.11 Å². The minimum Gasteiger partial charge on any atom is -0.393 e. The van der Waals surface area contributed by atoms with Gasteiger partial charge in [0.2, 0.25) is 0 Å². The fraction of sp³-hybridized carbons (Fsp3) is 0.929. The zero-order chi connectivity index (χ0) is 21.0. The zero-order valence-corrected chi connectivity index (χ0v) is 20.2. The number of aliphatic hydroxyl groups excluding tert-OH is 1. The Balaban J connectivity index is 1.51. The maximum absolute atomic E-state index is 10.2. The summed E-state index contributed by atoms with van der Waals surface area (Å²) in [4.78, 5) is 0. The van der Waals surface area contributed by atoms with Gasteiger partial charge in [0.05, 0.1) is 6.10 Å². The molecule has 0 unspecified atom stereocenters. The molecule has 0 bridgehead atoms. The van der Waals surface area contributed by atoms with Crippen LogP contribution in [0.15, 0.2) is 11.6 Å². The van der Waals surface area contributed by atoms with Crippen LogP contribution < -0.4 is 0 Å². The summed E-state index contributed by atoms with van der Waals surface area (Å²) in [5.74, 6) is 6.22. The summed E-state index contributed by atoms with van der Waals surface area (Å²) in [6, 6.07) is 0. The molecule has 9 atom stereocenters. The fourth-order valence-corrected chi connectivity index (χ4v) is 8.80. The number of hydrogen-bond acceptors (Lipinski definition) is 1. The molecular weight excluding hydrogens is 352 g/mol. The standard InChI is InChI=1S/C28H48O/c1-18(2)7-8-19(3)20(4)24-11-12-25-23-10-9-21-17-22(29)13-15-27(21,5)26(23)14-16-28(24,25)6/h9,18-20,22-26,29H,7-8,10-17H2,1-6H3/t19-,20+,22-,23-,24+,25-,26-,27-,28+/m0/s1. The highest BCUT2D eigenvalue weighted by atomic mass is 16.3. The molecule has 4 aliphatic rings. The van der Waals surface area contributed by atoms with Gasteiger partial charge in [-0.3, -0.25) is 0 Å². The molecule has 0 spiro atoms. The number of aliphatic hydroxyl groups is 1. The summed E-state index contributed by atoms with van der Waals surface area (Å²) in [6.07, 6.45) is 15.6. The van der Waals surface area contributed by atoms with E-state index in [2.05, 4.69) is 47.6 Å². The number of rotatable bonds is 5. The van der Waals surface area contributed by atoms with Crippen molar-refractivity contribution in [3.63, 3.8) is 0 Å². The molecule has 1 N–H and O–H groups in total. The van der Waals surface area contributed by atoms with Crippen LogP contribution in [0.1, 0.15) is 106 Å². The second kappa shape index (κ2) is 7.99. The predicted octanol–water partition coefficient (Wildman–Crippen LogP) is 7.63. The van der Waals surface area contributed by atoms with Gasteiger partial charge < -0.3 is 5.11 Å². The average Bonchev–Trinajstić information content (AvgIpc) is 3.03. The normalized spacial score (nSPS) is 46.5. The SMILES string of the molecule is CC(C)CC[C@H](C)[C@@H](C)[C@H]1CC[C@H]2[C@@H]3CC=C4C[C@@H](O)CC[C@]4(C)[C@H]3CC[C@]12C. The molecule has 0 radical (unpaired) electrons. The molecule has 1 nitrogen and oxygen atoms in total. The maximum atomic E-state index is 10.2. The van der Waals surface area contributed by atoms with E-state index < -0.39 is 0 Å². The third-order valence-electron chi connectivity index (χ3n) is 10.9. The van der Waals surface area contributed by atoms with E-state index in [1.807, 2.05) is 0 Å². The van der Waals surface area contributed by atoms with Crippen molar-refractivity contribution in [2.24, 2.45) is 52.3 Å². The van der Waals surface area contributed by atoms with E-state index in [1.54, 1.807) is 5.57 Å². The first-order valence-corrected chi connectivity index (χ1v) is 13.0. The molecule has 0 aromatic carbocycles. The van der Waals surface area contributed by atoms with E-state index in [4.69, 9.17) is 0 Å². The molecule has 29 heavy (non-hydrogen) atoms. The highest BCUT2D eigenvalue weighted by molar-refractivity contribution is 5.25. The molecule has 4 rings (SSSR count). The van der Waals surface area contributed by atoms with Crippen molar-refractivity contribution < 1.29 is 5.11 Å². The van der Waals surface area contributed by atoms with Crippen molar-refractivity contribution in [1.82, 2.24) is 0 Å². The Morgan fingerprint density at radius 3 is 2.45 bits per heavy atom. The van der Waals surface area contributed by atoms with Gasteiger partial charge in [-0.1, -0.05) is 66.0 Å². The average molecular weight is 401 g/mol. The Labute approximate surface area is 181 Å². The van der Waals surface area contributed by atoms with E-state index in [1.165, 1.54) is 51.4 Å². The van der Waals surface area contributed by atoms with E-state index in [-0.39, 0.29) is 6.10 Å². The summed E-state index contributed by atoms with van der Waals surface area (Å²) in [5.41, 5.74) is 2.58. The van der Waals surface area contributed by atoms with Crippen LogP contribution in [-0.2, 0) is 0 Å². The van der Waals surface area contributed by atoms with Crippen LogP contribution in [0.3, 0.4) is 0 Å². The summed E-state index contributed by atoms with van der Waals surface area (Å²) in [5, 5.41) is 10.2. The van der Waals surface area contributed by atoms with Crippen molar-refractivity contribution >= 4 is 0 Å². The quantitative estimate of drug-likeness (QED) is 0.470. The lowest BCUT2D eigenvalue weighted by molar-refractivity contribution is -0.0604. The van der Waals surface area contributed by atoms with Crippen molar-refractivity contribution in [2.45, 2.75) is 112 Å². The molecule has 0 heterocycles. The molecule has 3 fully saturated rings. The Morgan fingerprint density at radius 2 is 1.72 bits per heavy atom. The second-order valence-corrected chi connectivity index (χ2v) is 12.7. The highest BCUT2D eigenvalue weighted by Crippen LogP contribution is 2.67. The molecule has 0 aliphatic heterocycles. The van der Waals surface area contributed by atoms with Crippen LogP contribution in [0.25, 0.3) is 0 Å². The monoisotopic (exact) mass is 400 g/mol. The van der Waals surface area contributed by atoms with Crippen LogP contribution in [0.5, 0.6) is 0 Å². The zero-order valence-electron chi connectivity index (χ0n) is 20.2. The largest absolute Gasteiger partial charge is 0.393 e. The molecule has 0 aromatic heterocycles. The molecular formula is C28H48O. The molecule has 3 saturated carbocycles. The first kappa shape index (κ1) is 21.9. The van der Waals surface area contributed by atoms with Gasteiger partial charge in [-0.15, -0.1) is 0 Å². The molecule has 166 valence electrons. The summed E-state index contributed by atoms with van der Waals surface area (Å²) >= 11 is 0. The lowest BCUT2D eigenvalue weighted by atomic mass is 9.46. The topological polar surface area (TPSA) is 20.2 Å². The van der Waals surface area contributed by atoms with Gasteiger partial charge in [0.25, 0.3) is 0 Å². The fourth-order valence-electron chi connectivity index (χ4n) is 8.80. The van der Waals surface area contributed by atoms with E-state index in [0.29, 0.717) is 10.8 Å². The third-order valence-corrected chi connectivity index (χ3v) is 10.9. The molecule has 0 saturated heterocycles. The second-order valence-electron chi connectivity index (χ2n) is 12.7. The van der Waals surface area contributed by atoms with E-state index in [0.717, 1.165) is 54.3 Å². The Morgan fingerprint density at radius 1 is 0.966 bits per heavy atom. The van der Waals surface area contributed by atoms with Crippen LogP contribution in [-0.4, -0.2) is 11.2 Å². The summed E-state index contributed by atoms with van der Waals surface area (Å²) in [7, 11) is 0. The van der Waals surface area contributed by atoms with Crippen LogP contribution in [0.4, 0.5) is 0 Å². The highest BCUT2D eigenvalue weighted by Gasteiger charge is 2.59. The number of hydrogen-bond donors (Lipinski definition) is 1. The first-order valence-electron chi connectivity index (χ1n) is 13.0. The first-order chi connectivity index (χ1) is 13.7. The van der Waals surface area contributed by atoms with Gasteiger partial charge >= 0.3 is 0 Å². The number of fused-ring (bicyclic) bond motifs is 5. The van der Waals surface area contributed by atoms with Gasteiger partial charge in [-0.25, -0.2) is 0 Å². The third kappa shape index (κ3) is 3.66. The van der Waals surface area contributed by atoms with Crippen molar-refractivity contribution in [2.75, 3.05) is 0 Å². The van der Waals surface area contributed by atoms with Crippen LogP contribution in [0.2, 0.25) is 0 Å². The van der Waals surface area contributed by atoms with Gasteiger partial charge in [-0.2, -0.15) is 0 Å². The van der Waals surface area contributed by atoms with Crippen LogP contribution in [0, 0.1) is 52.3 Å². The molecule has 1 heteroatoms. The Bertz CT molecular complexity index is 620. The molecule has 4 aliphatic carbocycles. The molecule has 0 amide bonds. The molecule has 0 aromatic rings. The lowest BCUT2D eigenvalue weighted by Gasteiger charge is -2.58. The van der Waals surface area contributed by atoms with Gasteiger partial charge in [0.15, 0.2) is 0 Å². The minimum absolute atomic E-state index is 0.0798. The van der Waals surface area contributed by atoms with E-state index >= 15 is 0 Å². The van der Waals surface area contributed by atoms with Crippen LogP contribution >= 0.6 is 0 Å². The Kier molecular flexibility index (Phi) is 6.04. The smallest absolute Gasteiger partial charge is 0.0577 e. The number of allylic oxidation sites excluding steroid dienone is 1. The lowest BCUT2D eigenvalue weighted by Crippen LogP contribution is -2.51. The predicted molar refractivity (Wildman–Crippen MR) is 124 cm³/mol. The van der Waals surface area contributed by atoms with Gasteiger partial charge in [-0.05, 0) is 104 Å². The summed E-state index contributed by atoms with van der Waals surface area (Å²) in [6.45, 7) is 15.1. The Hall–Kier alpha value is -0.300. The van der Waals surface area contributed by atoms with Crippen molar-refractivity contribution in [1.29, 1.82) is 0 Å². The maximum Gasteiger partial charge on any atom is 0.0577 e. The van der Waals surface area contributed by atoms with Gasteiger partial charge in [0.1, 0.15) is 0 Å². The van der Waals surface area contributed by atoms with Crippen molar-refractivity contribution in [3.05, 3.63) is 11.6 Å². The minimum atomic E-state index is -0.0798. The van der Waals surface area contributed by atoms with Crippen molar-refractivity contribution in [3.8, 4) is 0 Å².